The summed E-state index contributed by atoms with van der Waals surface area (Å²) in [6, 6.07) is 164. The molecule has 0 atom stereocenters. The molecule has 0 spiro atoms. The summed E-state index contributed by atoms with van der Waals surface area (Å²) in [4.78, 5) is 41.0. The Morgan fingerprint density at radius 2 is 0.445 bits per heavy atom. The van der Waals surface area contributed by atoms with E-state index in [2.05, 4.69) is 390 Å². The summed E-state index contributed by atoms with van der Waals surface area (Å²) >= 11 is 0. The van der Waals surface area contributed by atoms with E-state index in [1.54, 1.807) is 0 Å². The van der Waals surface area contributed by atoms with E-state index in [1.807, 2.05) is 91.0 Å². The van der Waals surface area contributed by atoms with E-state index >= 15 is 0 Å². The van der Waals surface area contributed by atoms with Gasteiger partial charge in [-0.2, -0.15) is 19.9 Å². The van der Waals surface area contributed by atoms with Crippen LogP contribution in [0, 0.1) is 0 Å². The van der Waals surface area contributed by atoms with E-state index in [0.717, 1.165) is 77.5 Å². The molecule has 600 valence electrons. The number of para-hydroxylation sites is 4. The van der Waals surface area contributed by atoms with Crippen molar-refractivity contribution in [1.82, 2.24) is 53.6 Å². The van der Waals surface area contributed by atoms with Crippen molar-refractivity contribution in [2.75, 3.05) is 0 Å². The minimum absolute atomic E-state index is 0.587. The van der Waals surface area contributed by atoms with Gasteiger partial charge in [-0.05, 0) is 107 Å². The van der Waals surface area contributed by atoms with Crippen molar-refractivity contribution in [1.29, 1.82) is 0 Å². The van der Waals surface area contributed by atoms with Crippen LogP contribution in [0.4, 0.5) is 0 Å². The van der Waals surface area contributed by atoms with Crippen molar-refractivity contribution in [2.45, 2.75) is 0 Å². The molecule has 0 amide bonds. The van der Waals surface area contributed by atoms with Gasteiger partial charge in [-0.3, -0.25) is 13.7 Å². The molecule has 6 heterocycles. The predicted octanol–water partition coefficient (Wildman–Crippen LogP) is 25.5. The zero-order valence-electron chi connectivity index (χ0n) is 69.4. The minimum atomic E-state index is -2.78. The first-order valence-electron chi connectivity index (χ1n) is 43.1. The fourth-order valence-corrected chi connectivity index (χ4v) is 23.7. The molecule has 11 nitrogen and oxygen atoms in total. The van der Waals surface area contributed by atoms with Gasteiger partial charge in [0.05, 0.1) is 44.3 Å². The zero-order valence-corrected chi connectivity index (χ0v) is 70.4. The first-order chi connectivity index (χ1) is 63.5. The van der Waals surface area contributed by atoms with Gasteiger partial charge in [0.15, 0.2) is 31.4 Å². The molecule has 0 aliphatic heterocycles. The second-order valence-corrected chi connectivity index (χ2v) is 35.8. The highest BCUT2D eigenvalue weighted by molar-refractivity contribution is 7.20. The number of benzene rings is 19. The number of nitrogens with zero attached hydrogens (tertiary/aromatic N) is 11. The molecule has 0 bridgehead atoms. The third kappa shape index (κ3) is 13.5. The van der Waals surface area contributed by atoms with Gasteiger partial charge in [0.1, 0.15) is 0 Å². The average Bonchev–Trinajstić information content (AvgIpc) is 1.14. The maximum absolute atomic E-state index is 5.35. The van der Waals surface area contributed by atoms with E-state index < -0.39 is 8.07 Å². The standard InChI is InChI=1S/C49H34N4Si.C36H23N3.C31H20N4/c1-5-19-36(20-6-1)47-50-48(52-49(51-47)53-44-31-16-15-30-43(44)46-42-29-14-13-18-35(42)32-33-45(46)53)37-21-17-28-41(34-37)54(38-22-7-2-8-23-38,39-24-9-3-10-25-39)40-26-11-4-12-27-40;1-2-10-24(11-3-1)25-18-20-27(21-19-25)35-29-14-6-8-16-31(29)37-36(38-35)39-32-17-9-7-15-30(32)34-28-13-5-4-12-26(28)22-23-33(34)39;1-3-12-22(13-4-1)29-32-30(23-14-5-2-6-15-23)34-31(33-29)35-26-18-10-9-17-25(26)28-24-16-8-7-11-21(24)19-20-27(28)35/h1-34H;1-23H;1-20H. The Bertz CT molecular complexity index is 8330. The Kier molecular flexibility index (Phi) is 19.3. The van der Waals surface area contributed by atoms with Gasteiger partial charge in [0, 0.05) is 65.5 Å². The van der Waals surface area contributed by atoms with E-state index in [0.29, 0.717) is 41.1 Å². The SMILES string of the molecule is c1ccc(-c2ccc(-c3nc(-n4c5ccccc5c5c6ccccc6ccc54)nc4ccccc34)cc2)cc1.c1ccc(-c2nc(-c3cccc([Si](c4ccccc4)(c4ccccc4)c4ccccc4)c3)nc(-n3c4ccccc4c4c5ccccc5ccc43)n2)cc1.c1ccc(-c2nc(-c3ccccc3)nc(-n3c4ccccc4c4c5ccccc5ccc43)n2)cc1. The van der Waals surface area contributed by atoms with Crippen LogP contribution in [0.2, 0.25) is 0 Å². The Hall–Kier alpha value is -17.1. The second kappa shape index (κ2) is 32.6. The fourth-order valence-electron chi connectivity index (χ4n) is 18.9. The van der Waals surface area contributed by atoms with E-state index in [-0.39, 0.29) is 0 Å². The normalized spacial score (nSPS) is 11.6. The maximum Gasteiger partial charge on any atom is 0.238 e. The summed E-state index contributed by atoms with van der Waals surface area (Å²) in [5.74, 6) is 4.44. The Morgan fingerprint density at radius 3 is 0.836 bits per heavy atom. The van der Waals surface area contributed by atoms with E-state index in [4.69, 9.17) is 39.9 Å². The Balaban J connectivity index is 0.000000113. The molecule has 25 aromatic rings. The highest BCUT2D eigenvalue weighted by Gasteiger charge is 2.42. The smallest absolute Gasteiger partial charge is 0.238 e. The lowest BCUT2D eigenvalue weighted by Crippen LogP contribution is -2.74. The molecule has 25 rings (SSSR count). The monoisotopic (exact) mass is 1650 g/mol. The van der Waals surface area contributed by atoms with Crippen LogP contribution in [0.25, 0.3) is 194 Å². The number of hydrogen-bond donors (Lipinski definition) is 0. The van der Waals surface area contributed by atoms with E-state index in [1.165, 1.54) is 96.5 Å². The molecule has 0 aliphatic carbocycles. The number of rotatable bonds is 13. The van der Waals surface area contributed by atoms with Crippen LogP contribution in [0.3, 0.4) is 0 Å². The number of aromatic nitrogens is 11. The first-order valence-corrected chi connectivity index (χ1v) is 45.1. The van der Waals surface area contributed by atoms with Gasteiger partial charge in [-0.15, -0.1) is 0 Å². The van der Waals surface area contributed by atoms with Gasteiger partial charge in [-0.25, -0.2) is 19.9 Å². The topological polar surface area (TPSA) is 118 Å². The van der Waals surface area contributed by atoms with Gasteiger partial charge >= 0.3 is 0 Å². The van der Waals surface area contributed by atoms with Crippen molar-refractivity contribution in [2.24, 2.45) is 0 Å². The van der Waals surface area contributed by atoms with Crippen molar-refractivity contribution >= 4 is 137 Å². The molecule has 12 heteroatoms. The van der Waals surface area contributed by atoms with Gasteiger partial charge in [0.2, 0.25) is 17.8 Å². The van der Waals surface area contributed by atoms with Crippen molar-refractivity contribution < 1.29 is 0 Å². The van der Waals surface area contributed by atoms with Crippen LogP contribution in [-0.4, -0.2) is 61.6 Å². The Labute approximate surface area is 738 Å². The lowest BCUT2D eigenvalue weighted by Gasteiger charge is -2.34. The van der Waals surface area contributed by atoms with Gasteiger partial charge in [-0.1, -0.05) is 425 Å². The molecule has 128 heavy (non-hydrogen) atoms. The molecule has 0 N–H and O–H groups in total. The maximum atomic E-state index is 5.35. The summed E-state index contributed by atoms with van der Waals surface area (Å²) in [7, 11) is -2.78. The summed E-state index contributed by atoms with van der Waals surface area (Å²) in [5, 5.41) is 20.8. The molecule has 19 aromatic carbocycles. The summed E-state index contributed by atoms with van der Waals surface area (Å²) < 4.78 is 6.58. The molecule has 0 unspecified atom stereocenters. The molecule has 0 fully saturated rings. The largest absolute Gasteiger partial charge is 0.278 e. The lowest BCUT2D eigenvalue weighted by atomic mass is 10.0. The third-order valence-electron chi connectivity index (χ3n) is 24.7. The van der Waals surface area contributed by atoms with Crippen LogP contribution < -0.4 is 20.7 Å². The fraction of sp³-hybridized carbons (Fsp3) is 0. The van der Waals surface area contributed by atoms with Crippen LogP contribution in [0.1, 0.15) is 0 Å². The summed E-state index contributed by atoms with van der Waals surface area (Å²) in [6.45, 7) is 0. The number of fused-ring (bicyclic) bond motifs is 16. The molecule has 0 saturated heterocycles. The molecular weight excluding hydrogens is 1580 g/mol. The predicted molar refractivity (Wildman–Crippen MR) is 531 cm³/mol. The van der Waals surface area contributed by atoms with Crippen molar-refractivity contribution in [3.63, 3.8) is 0 Å². The molecule has 0 aliphatic rings. The van der Waals surface area contributed by atoms with Crippen molar-refractivity contribution in [3.8, 4) is 85.8 Å². The van der Waals surface area contributed by atoms with Crippen LogP contribution in [-0.2, 0) is 0 Å². The average molecular weight is 1650 g/mol. The quantitative estimate of drug-likeness (QED) is 0.0827. The van der Waals surface area contributed by atoms with Gasteiger partial charge < -0.3 is 0 Å². The summed E-state index contributed by atoms with van der Waals surface area (Å²) in [5.41, 5.74) is 15.6. The molecular formula is C116H77N11Si. The molecule has 0 radical (unpaired) electrons. The molecule has 6 aromatic heterocycles. The Morgan fingerprint density at radius 1 is 0.164 bits per heavy atom. The number of hydrogen-bond acceptors (Lipinski definition) is 8. The molecule has 0 saturated carbocycles. The first kappa shape index (κ1) is 75.9. The minimum Gasteiger partial charge on any atom is -0.278 e. The van der Waals surface area contributed by atoms with Gasteiger partial charge in [0.25, 0.3) is 0 Å². The third-order valence-corrected chi connectivity index (χ3v) is 29.4. The lowest BCUT2D eigenvalue weighted by molar-refractivity contribution is 0.953. The zero-order chi connectivity index (χ0) is 84.9. The summed E-state index contributed by atoms with van der Waals surface area (Å²) in [6.07, 6.45) is 0. The highest BCUT2D eigenvalue weighted by atomic mass is 28.3. The van der Waals surface area contributed by atoms with E-state index in [9.17, 15) is 0 Å². The van der Waals surface area contributed by atoms with Crippen LogP contribution in [0.15, 0.2) is 467 Å². The second-order valence-electron chi connectivity index (χ2n) is 32.0. The highest BCUT2D eigenvalue weighted by Crippen LogP contribution is 2.42. The van der Waals surface area contributed by atoms with Crippen LogP contribution >= 0.6 is 0 Å². The van der Waals surface area contributed by atoms with Crippen LogP contribution in [0.5, 0.6) is 0 Å². The van der Waals surface area contributed by atoms with Crippen molar-refractivity contribution in [3.05, 3.63) is 467 Å².